The van der Waals surface area contributed by atoms with Gasteiger partial charge in [0.05, 0.1) is 6.10 Å². The van der Waals surface area contributed by atoms with Crippen molar-refractivity contribution in [2.24, 2.45) is 52.3 Å². The molecular weight excluding hydrogens is 352 g/mol. The van der Waals surface area contributed by atoms with Crippen molar-refractivity contribution in [1.29, 1.82) is 0 Å². The van der Waals surface area contributed by atoms with Crippen molar-refractivity contribution >= 4 is 0 Å². The zero-order valence-electron chi connectivity index (χ0n) is 20.0. The van der Waals surface area contributed by atoms with E-state index < -0.39 is 0 Å². The van der Waals surface area contributed by atoms with Crippen LogP contribution in [-0.2, 0) is 0 Å². The molecule has 1 heteroatoms. The van der Waals surface area contributed by atoms with Crippen molar-refractivity contribution in [3.63, 3.8) is 0 Å². The number of hydrogen-bond acceptors (Lipinski definition) is 1. The second-order valence-corrected chi connectivity index (χ2v) is 12.3. The highest BCUT2D eigenvalue weighted by molar-refractivity contribution is 5.28. The summed E-state index contributed by atoms with van der Waals surface area (Å²) in [5.74, 6) is 5.25. The van der Waals surface area contributed by atoms with E-state index in [1.807, 2.05) is 5.57 Å². The van der Waals surface area contributed by atoms with Crippen molar-refractivity contribution in [1.82, 2.24) is 0 Å². The number of aliphatic hydroxyl groups is 1. The number of hydrogen-bond donors (Lipinski definition) is 1. The van der Waals surface area contributed by atoms with Gasteiger partial charge in [-0.25, -0.2) is 0 Å². The van der Waals surface area contributed by atoms with Crippen LogP contribution in [0.2, 0.25) is 0 Å². The van der Waals surface area contributed by atoms with Gasteiger partial charge in [-0.2, -0.15) is 0 Å². The molecule has 29 heavy (non-hydrogen) atoms. The summed E-state index contributed by atoms with van der Waals surface area (Å²) in [7, 11) is 0. The fourth-order valence-electron chi connectivity index (χ4n) is 8.10. The van der Waals surface area contributed by atoms with Gasteiger partial charge in [0.25, 0.3) is 0 Å². The molecule has 0 radical (unpaired) electrons. The van der Waals surface area contributed by atoms with E-state index in [-0.39, 0.29) is 6.10 Å². The minimum Gasteiger partial charge on any atom is -0.393 e. The molecule has 164 valence electrons. The van der Waals surface area contributed by atoms with Gasteiger partial charge in [-0.1, -0.05) is 65.3 Å². The maximum Gasteiger partial charge on any atom is 0.0543 e. The van der Waals surface area contributed by atoms with Gasteiger partial charge in [0.2, 0.25) is 0 Å². The van der Waals surface area contributed by atoms with Crippen LogP contribution in [-0.4, -0.2) is 11.2 Å². The molecule has 3 saturated carbocycles. The largest absolute Gasteiger partial charge is 0.393 e. The Morgan fingerprint density at radius 1 is 0.931 bits per heavy atom. The average Bonchev–Trinajstić information content (AvgIpc) is 3.03. The summed E-state index contributed by atoms with van der Waals surface area (Å²) in [6.45, 7) is 14.7. The van der Waals surface area contributed by atoms with Crippen LogP contribution in [0, 0.1) is 52.3 Å². The molecule has 4 aliphatic rings. The highest BCUT2D eigenvalue weighted by Crippen LogP contribution is 2.66. The maximum absolute atomic E-state index is 10.2. The topological polar surface area (TPSA) is 20.2 Å². The monoisotopic (exact) mass is 398 g/mol. The number of fused-ring (bicyclic) bond motifs is 5. The lowest BCUT2D eigenvalue weighted by Crippen LogP contribution is -2.49. The Hall–Kier alpha value is -0.560. The van der Waals surface area contributed by atoms with Gasteiger partial charge in [-0.05, 0) is 104 Å². The van der Waals surface area contributed by atoms with Crippen LogP contribution in [0.3, 0.4) is 0 Å². The Morgan fingerprint density at radius 3 is 2.34 bits per heavy atom. The fourth-order valence-corrected chi connectivity index (χ4v) is 8.10. The van der Waals surface area contributed by atoms with Crippen LogP contribution in [0.4, 0.5) is 0 Å². The molecule has 0 aromatic heterocycles. The number of allylic oxidation sites excluding steroid dienone is 4. The lowest BCUT2D eigenvalue weighted by atomic mass is 9.47. The third-order valence-corrected chi connectivity index (χ3v) is 10.5. The molecule has 0 amide bonds. The summed E-state index contributed by atoms with van der Waals surface area (Å²) >= 11 is 0. The SMILES string of the molecule is CC(C)C(C)/C=C/[C@@H](C)C1CCC2C3=CCC4CC(O)CC[C@]4(C)C3CC[C@@]21C. The van der Waals surface area contributed by atoms with Crippen LogP contribution in [0.25, 0.3) is 0 Å². The zero-order chi connectivity index (χ0) is 21.0. The van der Waals surface area contributed by atoms with Crippen molar-refractivity contribution in [2.45, 2.75) is 99.0 Å². The van der Waals surface area contributed by atoms with Crippen LogP contribution in [0.15, 0.2) is 23.8 Å². The van der Waals surface area contributed by atoms with E-state index in [0.717, 1.165) is 36.5 Å². The van der Waals surface area contributed by atoms with Crippen molar-refractivity contribution in [3.8, 4) is 0 Å². The smallest absolute Gasteiger partial charge is 0.0543 e. The molecule has 0 aromatic rings. The summed E-state index contributed by atoms with van der Waals surface area (Å²) in [5.41, 5.74) is 2.79. The second kappa shape index (κ2) is 7.85. The first kappa shape index (κ1) is 21.7. The van der Waals surface area contributed by atoms with E-state index >= 15 is 0 Å². The van der Waals surface area contributed by atoms with E-state index in [9.17, 15) is 5.11 Å². The van der Waals surface area contributed by atoms with Gasteiger partial charge in [-0.15, -0.1) is 0 Å². The molecule has 3 fully saturated rings. The summed E-state index contributed by atoms with van der Waals surface area (Å²) in [6, 6.07) is 0. The van der Waals surface area contributed by atoms with E-state index in [1.165, 1.54) is 38.5 Å². The first-order valence-electron chi connectivity index (χ1n) is 12.7. The predicted octanol–water partition coefficient (Wildman–Crippen LogP) is 7.41. The van der Waals surface area contributed by atoms with Gasteiger partial charge in [0, 0.05) is 0 Å². The molecule has 0 spiro atoms. The molecule has 4 aliphatic carbocycles. The van der Waals surface area contributed by atoms with E-state index in [1.54, 1.807) is 0 Å². The molecule has 0 aliphatic heterocycles. The standard InChI is InChI=1S/C28H46O/c1-18(2)19(3)7-8-20(4)24-11-12-25-23-10-9-21-17-22(29)13-15-27(21,5)26(23)14-16-28(24,25)6/h7-8,10,18-22,24-26,29H,9,11-17H2,1-6H3/b8-7+/t19?,20-,21?,22?,24?,25?,26?,27+,28-/m1/s1. The highest BCUT2D eigenvalue weighted by Gasteiger charge is 2.57. The third kappa shape index (κ3) is 3.58. The van der Waals surface area contributed by atoms with E-state index in [0.29, 0.717) is 28.6 Å². The summed E-state index contributed by atoms with van der Waals surface area (Å²) in [6.07, 6.45) is 17.8. The van der Waals surface area contributed by atoms with E-state index in [4.69, 9.17) is 0 Å². The Labute approximate surface area is 180 Å². The molecule has 4 rings (SSSR count). The van der Waals surface area contributed by atoms with Gasteiger partial charge in [0.1, 0.15) is 0 Å². The third-order valence-electron chi connectivity index (χ3n) is 10.5. The lowest BCUT2D eigenvalue weighted by molar-refractivity contribution is -0.0414. The minimum atomic E-state index is -0.0476. The number of aliphatic hydroxyl groups excluding tert-OH is 1. The quantitative estimate of drug-likeness (QED) is 0.489. The van der Waals surface area contributed by atoms with Crippen LogP contribution >= 0.6 is 0 Å². The first-order valence-corrected chi connectivity index (χ1v) is 12.7. The molecule has 9 atom stereocenters. The van der Waals surface area contributed by atoms with Gasteiger partial charge in [-0.3, -0.25) is 0 Å². The average molecular weight is 399 g/mol. The Bertz CT molecular complexity index is 659. The molecule has 0 heterocycles. The van der Waals surface area contributed by atoms with Gasteiger partial charge < -0.3 is 5.11 Å². The predicted molar refractivity (Wildman–Crippen MR) is 124 cm³/mol. The molecule has 6 unspecified atom stereocenters. The lowest BCUT2D eigenvalue weighted by Gasteiger charge is -2.57. The van der Waals surface area contributed by atoms with Gasteiger partial charge >= 0.3 is 0 Å². The van der Waals surface area contributed by atoms with Gasteiger partial charge in [0.15, 0.2) is 0 Å². The van der Waals surface area contributed by atoms with Crippen LogP contribution in [0.1, 0.15) is 92.9 Å². The molecule has 0 aromatic carbocycles. The molecule has 0 saturated heterocycles. The summed E-state index contributed by atoms with van der Waals surface area (Å²) in [4.78, 5) is 0. The van der Waals surface area contributed by atoms with Crippen molar-refractivity contribution in [2.75, 3.05) is 0 Å². The van der Waals surface area contributed by atoms with E-state index in [2.05, 4.69) is 59.8 Å². The number of rotatable bonds is 4. The summed E-state index contributed by atoms with van der Waals surface area (Å²) < 4.78 is 0. The van der Waals surface area contributed by atoms with Crippen LogP contribution in [0.5, 0.6) is 0 Å². The maximum atomic E-state index is 10.2. The Morgan fingerprint density at radius 2 is 1.62 bits per heavy atom. The Kier molecular flexibility index (Phi) is 5.86. The highest BCUT2D eigenvalue weighted by atomic mass is 16.3. The first-order chi connectivity index (χ1) is 13.7. The fraction of sp³-hybridized carbons (Fsp3) is 0.857. The molecular formula is C28H46O. The van der Waals surface area contributed by atoms with Crippen molar-refractivity contribution < 1.29 is 5.11 Å². The van der Waals surface area contributed by atoms with Crippen molar-refractivity contribution in [3.05, 3.63) is 23.8 Å². The second-order valence-electron chi connectivity index (χ2n) is 12.3. The summed E-state index contributed by atoms with van der Waals surface area (Å²) in [5, 5.41) is 10.2. The zero-order valence-corrected chi connectivity index (χ0v) is 20.0. The molecule has 1 N–H and O–H groups in total. The molecule has 0 bridgehead atoms. The minimum absolute atomic E-state index is 0.0476. The normalized spacial score (nSPS) is 46.8. The Balaban J connectivity index is 1.54. The van der Waals surface area contributed by atoms with Crippen LogP contribution < -0.4 is 0 Å². The molecule has 1 nitrogen and oxygen atoms in total.